The van der Waals surface area contributed by atoms with Gasteiger partial charge in [0.2, 0.25) is 0 Å². The molecule has 0 aliphatic carbocycles. The van der Waals surface area contributed by atoms with E-state index < -0.39 is 5.83 Å². The second-order valence-corrected chi connectivity index (χ2v) is 3.48. The minimum absolute atomic E-state index is 0.275. The van der Waals surface area contributed by atoms with Gasteiger partial charge in [-0.1, -0.05) is 33.1 Å². The number of pyridine rings is 1. The molecule has 0 saturated carbocycles. The van der Waals surface area contributed by atoms with Crippen molar-refractivity contribution in [2.24, 2.45) is 5.92 Å². The molecular weight excluding hydrogens is 177 g/mol. The minimum atomic E-state index is -0.512. The number of rotatable bonds is 3. The zero-order valence-electron chi connectivity index (χ0n) is 8.55. The Morgan fingerprint density at radius 2 is 2.07 bits per heavy atom. The quantitative estimate of drug-likeness (QED) is 0.710. The highest BCUT2D eigenvalue weighted by Crippen LogP contribution is 2.26. The molecule has 0 atom stereocenters. The summed E-state index contributed by atoms with van der Waals surface area (Å²) in [5.41, 5.74) is 1.92. The van der Waals surface area contributed by atoms with Crippen LogP contribution in [0.15, 0.2) is 31.5 Å². The van der Waals surface area contributed by atoms with E-state index in [2.05, 4.69) is 18.1 Å². The molecule has 1 aromatic heterocycles. The average molecular weight is 191 g/mol. The maximum Gasteiger partial charge on any atom is 0.142 e. The molecule has 0 spiro atoms. The monoisotopic (exact) mass is 191 g/mol. The topological polar surface area (TPSA) is 12.9 Å². The third-order valence-electron chi connectivity index (χ3n) is 2.11. The summed E-state index contributed by atoms with van der Waals surface area (Å²) in [6.07, 6.45) is 1.55. The Hall–Kier alpha value is -1.44. The molecule has 74 valence electrons. The van der Waals surface area contributed by atoms with Crippen molar-refractivity contribution in [3.05, 3.63) is 42.7 Å². The van der Waals surface area contributed by atoms with Gasteiger partial charge in [-0.05, 0) is 17.6 Å². The van der Waals surface area contributed by atoms with Crippen LogP contribution in [0.5, 0.6) is 0 Å². The van der Waals surface area contributed by atoms with Gasteiger partial charge in [0, 0.05) is 11.8 Å². The van der Waals surface area contributed by atoms with Gasteiger partial charge in [0.25, 0.3) is 0 Å². The highest BCUT2D eigenvalue weighted by atomic mass is 19.1. The van der Waals surface area contributed by atoms with Gasteiger partial charge in [-0.25, -0.2) is 4.39 Å². The van der Waals surface area contributed by atoms with Crippen LogP contribution >= 0.6 is 0 Å². The summed E-state index contributed by atoms with van der Waals surface area (Å²) in [5.74, 6) is -0.236. The Labute approximate surface area is 84.0 Å². The molecule has 0 bridgehead atoms. The van der Waals surface area contributed by atoms with E-state index in [1.807, 2.05) is 19.9 Å². The lowest BCUT2D eigenvalue weighted by atomic mass is 9.95. The summed E-state index contributed by atoms with van der Waals surface area (Å²) in [6.45, 7) is 11.2. The molecule has 0 N–H and O–H groups in total. The van der Waals surface area contributed by atoms with Crippen molar-refractivity contribution < 1.29 is 4.39 Å². The number of allylic oxidation sites excluding steroid dienone is 1. The summed E-state index contributed by atoms with van der Waals surface area (Å²) in [7, 11) is 0. The Kier molecular flexibility index (Phi) is 3.18. The van der Waals surface area contributed by atoms with Crippen molar-refractivity contribution in [2.45, 2.75) is 13.8 Å². The van der Waals surface area contributed by atoms with E-state index >= 15 is 0 Å². The van der Waals surface area contributed by atoms with Crippen LogP contribution < -0.4 is 0 Å². The first-order valence-electron chi connectivity index (χ1n) is 4.53. The van der Waals surface area contributed by atoms with Crippen molar-refractivity contribution >= 4 is 11.4 Å². The SMILES string of the molecule is C=C(F)c1ncccc1C(=C)C(C)C. The fourth-order valence-corrected chi connectivity index (χ4v) is 1.19. The van der Waals surface area contributed by atoms with Crippen LogP contribution in [0.2, 0.25) is 0 Å². The molecule has 0 amide bonds. The van der Waals surface area contributed by atoms with Gasteiger partial charge in [-0.3, -0.25) is 4.98 Å². The van der Waals surface area contributed by atoms with Gasteiger partial charge >= 0.3 is 0 Å². The van der Waals surface area contributed by atoms with Crippen LogP contribution in [0.4, 0.5) is 4.39 Å². The molecule has 0 fully saturated rings. The summed E-state index contributed by atoms with van der Waals surface area (Å²) in [4.78, 5) is 3.95. The summed E-state index contributed by atoms with van der Waals surface area (Å²) in [6, 6.07) is 3.59. The molecule has 0 unspecified atom stereocenters. The van der Waals surface area contributed by atoms with Gasteiger partial charge in [-0.15, -0.1) is 0 Å². The van der Waals surface area contributed by atoms with Crippen molar-refractivity contribution in [3.8, 4) is 0 Å². The first-order valence-corrected chi connectivity index (χ1v) is 4.53. The zero-order valence-corrected chi connectivity index (χ0v) is 8.55. The maximum absolute atomic E-state index is 13.0. The Morgan fingerprint density at radius 3 is 2.57 bits per heavy atom. The van der Waals surface area contributed by atoms with Crippen molar-refractivity contribution in [3.63, 3.8) is 0 Å². The number of hydrogen-bond acceptors (Lipinski definition) is 1. The van der Waals surface area contributed by atoms with Crippen LogP contribution in [0.25, 0.3) is 11.4 Å². The summed E-state index contributed by atoms with van der Waals surface area (Å²) < 4.78 is 13.0. The van der Waals surface area contributed by atoms with E-state index in [-0.39, 0.29) is 5.92 Å². The second-order valence-electron chi connectivity index (χ2n) is 3.48. The fraction of sp³-hybridized carbons (Fsp3) is 0.250. The molecule has 0 aromatic carbocycles. The van der Waals surface area contributed by atoms with Crippen molar-refractivity contribution in [1.29, 1.82) is 0 Å². The van der Waals surface area contributed by atoms with E-state index in [0.717, 1.165) is 11.1 Å². The van der Waals surface area contributed by atoms with Gasteiger partial charge in [0.05, 0.1) is 0 Å². The molecular formula is C12H14FN. The number of halogens is 1. The van der Waals surface area contributed by atoms with Crippen LogP contribution in [-0.2, 0) is 0 Å². The van der Waals surface area contributed by atoms with Crippen molar-refractivity contribution in [1.82, 2.24) is 4.98 Å². The standard InChI is InChI=1S/C12H14FN/c1-8(2)9(3)11-6-5-7-14-12(11)10(4)13/h5-8H,3-4H2,1-2H3. The van der Waals surface area contributed by atoms with Gasteiger partial charge in [0.15, 0.2) is 0 Å². The first-order chi connectivity index (χ1) is 6.54. The van der Waals surface area contributed by atoms with E-state index in [1.165, 1.54) is 0 Å². The molecule has 1 heterocycles. The third-order valence-corrected chi connectivity index (χ3v) is 2.11. The Morgan fingerprint density at radius 1 is 1.43 bits per heavy atom. The van der Waals surface area contributed by atoms with E-state index in [9.17, 15) is 4.39 Å². The minimum Gasteiger partial charge on any atom is -0.253 e. The lowest BCUT2D eigenvalue weighted by molar-refractivity contribution is 0.753. The Balaban J connectivity index is 3.20. The molecule has 14 heavy (non-hydrogen) atoms. The molecule has 1 aromatic rings. The van der Waals surface area contributed by atoms with Gasteiger partial charge in [0.1, 0.15) is 11.5 Å². The number of nitrogens with zero attached hydrogens (tertiary/aromatic N) is 1. The molecule has 1 rings (SSSR count). The lowest BCUT2D eigenvalue weighted by Crippen LogP contribution is -1.97. The largest absolute Gasteiger partial charge is 0.253 e. The number of hydrogen-bond donors (Lipinski definition) is 0. The fourth-order valence-electron chi connectivity index (χ4n) is 1.19. The second kappa shape index (κ2) is 4.18. The molecule has 1 nitrogen and oxygen atoms in total. The van der Waals surface area contributed by atoms with Gasteiger partial charge in [-0.2, -0.15) is 0 Å². The zero-order chi connectivity index (χ0) is 10.7. The number of aromatic nitrogens is 1. The van der Waals surface area contributed by atoms with Crippen molar-refractivity contribution in [2.75, 3.05) is 0 Å². The van der Waals surface area contributed by atoms with Gasteiger partial charge < -0.3 is 0 Å². The molecule has 0 saturated heterocycles. The average Bonchev–Trinajstić information content (AvgIpc) is 2.16. The van der Waals surface area contributed by atoms with E-state index in [0.29, 0.717) is 5.69 Å². The highest BCUT2D eigenvalue weighted by molar-refractivity contribution is 5.74. The predicted octanol–water partition coefficient (Wildman–Crippen LogP) is 3.69. The molecule has 0 radical (unpaired) electrons. The summed E-state index contributed by atoms with van der Waals surface area (Å²) >= 11 is 0. The predicted molar refractivity (Wildman–Crippen MR) is 58.3 cm³/mol. The third kappa shape index (κ3) is 2.08. The Bertz CT molecular complexity index is 366. The lowest BCUT2D eigenvalue weighted by Gasteiger charge is -2.12. The van der Waals surface area contributed by atoms with Crippen LogP contribution in [0, 0.1) is 5.92 Å². The van der Waals surface area contributed by atoms with Crippen LogP contribution in [0.1, 0.15) is 25.1 Å². The summed E-state index contributed by atoms with van der Waals surface area (Å²) in [5, 5.41) is 0. The maximum atomic E-state index is 13.0. The first kappa shape index (κ1) is 10.6. The van der Waals surface area contributed by atoms with Crippen LogP contribution in [0.3, 0.4) is 0 Å². The molecule has 2 heteroatoms. The molecule has 0 aliphatic heterocycles. The van der Waals surface area contributed by atoms with E-state index in [4.69, 9.17) is 0 Å². The highest BCUT2D eigenvalue weighted by Gasteiger charge is 2.11. The normalized spacial score (nSPS) is 10.3. The van der Waals surface area contributed by atoms with E-state index in [1.54, 1.807) is 12.3 Å². The smallest absolute Gasteiger partial charge is 0.142 e. The van der Waals surface area contributed by atoms with Crippen LogP contribution in [-0.4, -0.2) is 4.98 Å². The molecule has 0 aliphatic rings.